The molecule has 2 aromatic rings. The highest BCUT2D eigenvalue weighted by Crippen LogP contribution is 2.07. The van der Waals surface area contributed by atoms with Crippen molar-refractivity contribution in [3.63, 3.8) is 0 Å². The van der Waals surface area contributed by atoms with Crippen LogP contribution in [0.4, 0.5) is 8.78 Å². The van der Waals surface area contributed by atoms with Gasteiger partial charge < -0.3 is 5.32 Å². The molecule has 2 aromatic carbocycles. The summed E-state index contributed by atoms with van der Waals surface area (Å²) in [6.45, 7) is 0.189. The molecular weight excluding hydrogens is 260 g/mol. The number of carbonyl (C=O) groups excluding carboxylic acids is 1. The maximum atomic E-state index is 13.8. The van der Waals surface area contributed by atoms with Crippen molar-refractivity contribution in [2.75, 3.05) is 0 Å². The molecule has 0 heterocycles. The Labute approximate surface area is 116 Å². The van der Waals surface area contributed by atoms with Crippen molar-refractivity contribution in [2.24, 2.45) is 0 Å². The Balaban J connectivity index is 1.83. The first-order valence-electron chi connectivity index (χ1n) is 6.35. The van der Waals surface area contributed by atoms with Crippen LogP contribution in [0, 0.1) is 5.82 Å². The lowest BCUT2D eigenvalue weighted by atomic mass is 10.1. The standard InChI is InChI=1S/C16H15F2NO/c17-14-8-6-13(7-9-14)11-19-16(20)15(18)10-12-4-2-1-3-5-12/h1-9,15H,10-11H2,(H,19,20). The molecule has 0 saturated heterocycles. The highest BCUT2D eigenvalue weighted by atomic mass is 19.1. The van der Waals surface area contributed by atoms with Gasteiger partial charge in [0.2, 0.25) is 0 Å². The number of halogens is 2. The number of hydrogen-bond donors (Lipinski definition) is 1. The molecule has 0 aliphatic rings. The van der Waals surface area contributed by atoms with E-state index in [0.717, 1.165) is 11.1 Å². The SMILES string of the molecule is O=C(NCc1ccc(F)cc1)C(F)Cc1ccccc1. The average molecular weight is 275 g/mol. The minimum absolute atomic E-state index is 0.0517. The van der Waals surface area contributed by atoms with Gasteiger partial charge in [0, 0.05) is 13.0 Å². The van der Waals surface area contributed by atoms with E-state index in [-0.39, 0.29) is 18.8 Å². The monoisotopic (exact) mass is 275 g/mol. The van der Waals surface area contributed by atoms with Crippen molar-refractivity contribution < 1.29 is 13.6 Å². The molecule has 2 rings (SSSR count). The topological polar surface area (TPSA) is 29.1 Å². The van der Waals surface area contributed by atoms with Crippen molar-refractivity contribution in [2.45, 2.75) is 19.1 Å². The highest BCUT2D eigenvalue weighted by molar-refractivity contribution is 5.80. The van der Waals surface area contributed by atoms with Gasteiger partial charge in [-0.2, -0.15) is 0 Å². The van der Waals surface area contributed by atoms with E-state index >= 15 is 0 Å². The predicted octanol–water partition coefficient (Wildman–Crippen LogP) is 3.02. The van der Waals surface area contributed by atoms with Crippen molar-refractivity contribution in [1.82, 2.24) is 5.32 Å². The van der Waals surface area contributed by atoms with E-state index in [1.807, 2.05) is 6.07 Å². The largest absolute Gasteiger partial charge is 0.349 e. The van der Waals surface area contributed by atoms with E-state index in [1.165, 1.54) is 12.1 Å². The van der Waals surface area contributed by atoms with Gasteiger partial charge in [-0.3, -0.25) is 4.79 Å². The number of amides is 1. The van der Waals surface area contributed by atoms with Crippen LogP contribution in [0.5, 0.6) is 0 Å². The summed E-state index contributed by atoms with van der Waals surface area (Å²) in [6.07, 6.45) is -1.53. The fourth-order valence-corrected chi connectivity index (χ4v) is 1.82. The average Bonchev–Trinajstić information content (AvgIpc) is 2.47. The molecule has 0 aliphatic carbocycles. The fourth-order valence-electron chi connectivity index (χ4n) is 1.82. The van der Waals surface area contributed by atoms with Gasteiger partial charge >= 0.3 is 0 Å². The van der Waals surface area contributed by atoms with E-state index in [4.69, 9.17) is 0 Å². The lowest BCUT2D eigenvalue weighted by Crippen LogP contribution is -2.32. The summed E-state index contributed by atoms with van der Waals surface area (Å²) >= 11 is 0. The van der Waals surface area contributed by atoms with Crippen molar-refractivity contribution in [3.8, 4) is 0 Å². The number of rotatable bonds is 5. The second-order valence-corrected chi connectivity index (χ2v) is 4.50. The van der Waals surface area contributed by atoms with E-state index in [1.54, 1.807) is 36.4 Å². The molecule has 0 saturated carbocycles. The van der Waals surface area contributed by atoms with E-state index < -0.39 is 12.1 Å². The third-order valence-electron chi connectivity index (χ3n) is 2.92. The molecule has 0 fully saturated rings. The molecule has 0 aliphatic heterocycles. The van der Waals surface area contributed by atoms with Crippen LogP contribution in [0.3, 0.4) is 0 Å². The van der Waals surface area contributed by atoms with Gasteiger partial charge in [-0.05, 0) is 23.3 Å². The quantitative estimate of drug-likeness (QED) is 0.893. The summed E-state index contributed by atoms with van der Waals surface area (Å²) in [6, 6.07) is 14.7. The van der Waals surface area contributed by atoms with Crippen LogP contribution in [0.1, 0.15) is 11.1 Å². The van der Waals surface area contributed by atoms with E-state index in [2.05, 4.69) is 5.32 Å². The summed E-state index contributed by atoms with van der Waals surface area (Å²) in [5, 5.41) is 2.50. The maximum Gasteiger partial charge on any atom is 0.255 e. The number of carbonyl (C=O) groups is 1. The minimum Gasteiger partial charge on any atom is -0.349 e. The van der Waals surface area contributed by atoms with Crippen LogP contribution in [-0.2, 0) is 17.8 Å². The van der Waals surface area contributed by atoms with Crippen LogP contribution in [-0.4, -0.2) is 12.1 Å². The van der Waals surface area contributed by atoms with Crippen LogP contribution >= 0.6 is 0 Å². The Morgan fingerprint density at radius 1 is 1.00 bits per heavy atom. The summed E-state index contributed by atoms with van der Waals surface area (Å²) in [7, 11) is 0. The van der Waals surface area contributed by atoms with Crippen LogP contribution in [0.15, 0.2) is 54.6 Å². The molecule has 1 atom stereocenters. The van der Waals surface area contributed by atoms with Crippen molar-refractivity contribution >= 4 is 5.91 Å². The van der Waals surface area contributed by atoms with Gasteiger partial charge in [0.05, 0.1) is 0 Å². The normalized spacial score (nSPS) is 11.9. The zero-order valence-electron chi connectivity index (χ0n) is 10.9. The van der Waals surface area contributed by atoms with Gasteiger partial charge in [-0.15, -0.1) is 0 Å². The van der Waals surface area contributed by atoms with Gasteiger partial charge in [0.15, 0.2) is 6.17 Å². The second-order valence-electron chi connectivity index (χ2n) is 4.50. The van der Waals surface area contributed by atoms with Gasteiger partial charge in [-0.25, -0.2) is 8.78 Å². The first-order valence-corrected chi connectivity index (χ1v) is 6.35. The molecular formula is C16H15F2NO. The summed E-state index contributed by atoms with van der Waals surface area (Å²) in [5.41, 5.74) is 1.50. The Morgan fingerprint density at radius 3 is 2.30 bits per heavy atom. The van der Waals surface area contributed by atoms with Crippen molar-refractivity contribution in [3.05, 3.63) is 71.5 Å². The summed E-state index contributed by atoms with van der Waals surface area (Å²) in [5.74, 6) is -0.995. The van der Waals surface area contributed by atoms with Crippen molar-refractivity contribution in [1.29, 1.82) is 0 Å². The molecule has 1 N–H and O–H groups in total. The highest BCUT2D eigenvalue weighted by Gasteiger charge is 2.17. The number of alkyl halides is 1. The molecule has 2 nitrogen and oxygen atoms in total. The number of hydrogen-bond acceptors (Lipinski definition) is 1. The smallest absolute Gasteiger partial charge is 0.255 e. The predicted molar refractivity (Wildman–Crippen MR) is 73.3 cm³/mol. The lowest BCUT2D eigenvalue weighted by Gasteiger charge is -2.09. The zero-order valence-corrected chi connectivity index (χ0v) is 10.9. The minimum atomic E-state index is -1.59. The van der Waals surface area contributed by atoms with E-state index in [0.29, 0.717) is 0 Å². The molecule has 0 spiro atoms. The molecule has 0 bridgehead atoms. The fraction of sp³-hybridized carbons (Fsp3) is 0.188. The Hall–Kier alpha value is -2.23. The van der Waals surface area contributed by atoms with Crippen LogP contribution in [0.2, 0.25) is 0 Å². The zero-order chi connectivity index (χ0) is 14.4. The summed E-state index contributed by atoms with van der Waals surface area (Å²) in [4.78, 5) is 11.6. The Bertz CT molecular complexity index is 554. The maximum absolute atomic E-state index is 13.8. The lowest BCUT2D eigenvalue weighted by molar-refractivity contribution is -0.126. The first kappa shape index (κ1) is 14.2. The van der Waals surface area contributed by atoms with Gasteiger partial charge in [0.25, 0.3) is 5.91 Å². The molecule has 1 unspecified atom stereocenters. The summed E-state index contributed by atoms with van der Waals surface area (Å²) < 4.78 is 26.5. The molecule has 0 radical (unpaired) electrons. The van der Waals surface area contributed by atoms with Gasteiger partial charge in [0.1, 0.15) is 5.82 Å². The number of benzene rings is 2. The third kappa shape index (κ3) is 4.16. The first-order chi connectivity index (χ1) is 9.65. The number of nitrogens with one attached hydrogen (secondary N) is 1. The molecule has 20 heavy (non-hydrogen) atoms. The van der Waals surface area contributed by atoms with Crippen LogP contribution < -0.4 is 5.32 Å². The molecule has 1 amide bonds. The Kier molecular flexibility index (Phi) is 4.82. The molecule has 0 aromatic heterocycles. The molecule has 104 valence electrons. The van der Waals surface area contributed by atoms with Gasteiger partial charge in [-0.1, -0.05) is 42.5 Å². The second kappa shape index (κ2) is 6.80. The molecule has 4 heteroatoms. The third-order valence-corrected chi connectivity index (χ3v) is 2.92. The van der Waals surface area contributed by atoms with E-state index in [9.17, 15) is 13.6 Å². The Morgan fingerprint density at radius 2 is 1.65 bits per heavy atom. The van der Waals surface area contributed by atoms with Crippen LogP contribution in [0.25, 0.3) is 0 Å².